The zero-order valence-corrected chi connectivity index (χ0v) is 19.2. The van der Waals surface area contributed by atoms with Gasteiger partial charge in [0.2, 0.25) is 5.95 Å². The molecule has 1 fully saturated rings. The van der Waals surface area contributed by atoms with Gasteiger partial charge in [0.05, 0.1) is 17.4 Å². The van der Waals surface area contributed by atoms with Crippen LogP contribution < -0.4 is 15.6 Å². The molecule has 1 saturated carbocycles. The molecule has 0 radical (unpaired) electrons. The number of aromatic nitrogens is 6. The average molecular weight is 489 g/mol. The van der Waals surface area contributed by atoms with Crippen molar-refractivity contribution in [2.24, 2.45) is 13.0 Å². The molecule has 3 aromatic heterocycles. The Balaban J connectivity index is 1.52. The predicted molar refractivity (Wildman–Crippen MR) is 130 cm³/mol. The molecular weight excluding hydrogens is 468 g/mol. The molecule has 2 aromatic carbocycles. The second kappa shape index (κ2) is 8.67. The van der Waals surface area contributed by atoms with Crippen LogP contribution in [-0.4, -0.2) is 42.5 Å². The lowest BCUT2D eigenvalue weighted by atomic mass is 10.1. The lowest BCUT2D eigenvalue weighted by molar-refractivity contribution is -0.0498. The van der Waals surface area contributed by atoms with Gasteiger partial charge in [-0.05, 0) is 55.2 Å². The summed E-state index contributed by atoms with van der Waals surface area (Å²) in [6.07, 6.45) is 5.78. The monoisotopic (exact) mass is 489 g/mol. The number of alkyl halides is 2. The third-order valence-electron chi connectivity index (χ3n) is 6.06. The average Bonchev–Trinajstić information content (AvgIpc) is 3.61. The summed E-state index contributed by atoms with van der Waals surface area (Å²) in [5.41, 5.74) is 2.38. The normalized spacial score (nSPS) is 13.6. The van der Waals surface area contributed by atoms with Gasteiger partial charge in [-0.1, -0.05) is 6.07 Å². The van der Waals surface area contributed by atoms with Gasteiger partial charge in [0.15, 0.2) is 5.65 Å². The van der Waals surface area contributed by atoms with Crippen LogP contribution in [0.4, 0.5) is 14.7 Å². The molecule has 36 heavy (non-hydrogen) atoms. The van der Waals surface area contributed by atoms with Crippen molar-refractivity contribution in [1.82, 2.24) is 29.3 Å². The summed E-state index contributed by atoms with van der Waals surface area (Å²) in [5.74, 6) is 0.993. The maximum atomic E-state index is 13.8. The molecule has 0 aliphatic heterocycles. The maximum absolute atomic E-state index is 13.8. The van der Waals surface area contributed by atoms with Gasteiger partial charge in [-0.25, -0.2) is 9.97 Å². The zero-order valence-electron chi connectivity index (χ0n) is 19.2. The molecule has 0 spiro atoms. The second-order valence-corrected chi connectivity index (χ2v) is 8.78. The fourth-order valence-electron chi connectivity index (χ4n) is 4.12. The van der Waals surface area contributed by atoms with Crippen molar-refractivity contribution in [3.63, 3.8) is 0 Å². The molecular formula is C25H21F2N7O2. The Hall–Kier alpha value is -4.41. The van der Waals surface area contributed by atoms with Crippen molar-refractivity contribution in [2.75, 3.05) is 11.9 Å². The van der Waals surface area contributed by atoms with E-state index in [1.807, 2.05) is 25.4 Å². The molecule has 11 heteroatoms. The number of aryl methyl sites for hydroxylation is 1. The number of hydrogen-bond donors (Lipinski definition) is 1. The van der Waals surface area contributed by atoms with Crippen LogP contribution in [0, 0.1) is 5.92 Å². The van der Waals surface area contributed by atoms with Crippen molar-refractivity contribution in [3.8, 4) is 22.7 Å². The number of nitrogens with zero attached hydrogens (tertiary/aromatic N) is 6. The van der Waals surface area contributed by atoms with E-state index in [2.05, 4.69) is 30.1 Å². The van der Waals surface area contributed by atoms with Crippen LogP contribution in [0.25, 0.3) is 39.0 Å². The quantitative estimate of drug-likeness (QED) is 0.367. The van der Waals surface area contributed by atoms with E-state index in [0.717, 1.165) is 17.4 Å². The first kappa shape index (κ1) is 22.1. The molecule has 1 N–H and O–H groups in total. The Kier molecular flexibility index (Phi) is 5.32. The van der Waals surface area contributed by atoms with Gasteiger partial charge in [0, 0.05) is 30.7 Å². The first-order chi connectivity index (χ1) is 17.4. The van der Waals surface area contributed by atoms with Gasteiger partial charge in [-0.15, -0.1) is 0 Å². The maximum Gasteiger partial charge on any atom is 0.387 e. The smallest absolute Gasteiger partial charge is 0.387 e. The highest BCUT2D eigenvalue weighted by Crippen LogP contribution is 2.29. The van der Waals surface area contributed by atoms with Gasteiger partial charge >= 0.3 is 6.61 Å². The number of hydrogen-bond acceptors (Lipinski definition) is 7. The first-order valence-electron chi connectivity index (χ1n) is 11.5. The fraction of sp³-hybridized carbons (Fsp3) is 0.240. The lowest BCUT2D eigenvalue weighted by Crippen LogP contribution is -2.23. The van der Waals surface area contributed by atoms with Crippen LogP contribution in [0.1, 0.15) is 12.8 Å². The first-order valence-corrected chi connectivity index (χ1v) is 11.5. The van der Waals surface area contributed by atoms with Crippen LogP contribution in [0.2, 0.25) is 0 Å². The Morgan fingerprint density at radius 1 is 1.11 bits per heavy atom. The molecule has 0 saturated heterocycles. The Bertz CT molecular complexity index is 1640. The van der Waals surface area contributed by atoms with Crippen molar-refractivity contribution in [1.29, 1.82) is 0 Å². The van der Waals surface area contributed by atoms with Crippen molar-refractivity contribution in [3.05, 3.63) is 65.2 Å². The number of fused-ring (bicyclic) bond motifs is 2. The second-order valence-electron chi connectivity index (χ2n) is 8.78. The molecule has 0 atom stereocenters. The Labute approximate surface area is 203 Å². The van der Waals surface area contributed by atoms with E-state index in [1.54, 1.807) is 16.9 Å². The van der Waals surface area contributed by atoms with Gasteiger partial charge in [-0.3, -0.25) is 14.0 Å². The number of nitrogens with one attached hydrogen (secondary N) is 1. The van der Waals surface area contributed by atoms with Crippen LogP contribution in [-0.2, 0) is 7.05 Å². The minimum Gasteiger partial charge on any atom is -0.435 e. The van der Waals surface area contributed by atoms with Crippen LogP contribution in [0.3, 0.4) is 0 Å². The topological polar surface area (TPSA) is 99.8 Å². The SMILES string of the molecule is Cn1cc2cc(-c3nc4cnc(NCC5CC5)nc4n(-c4ccc(OC(F)F)cc4)c3=O)ccc2n1. The van der Waals surface area contributed by atoms with Crippen molar-refractivity contribution in [2.45, 2.75) is 19.5 Å². The highest BCUT2D eigenvalue weighted by Gasteiger charge is 2.22. The number of ether oxygens (including phenoxy) is 1. The molecule has 1 aliphatic carbocycles. The van der Waals surface area contributed by atoms with Gasteiger partial charge in [0.1, 0.15) is 17.0 Å². The van der Waals surface area contributed by atoms with Gasteiger partial charge < -0.3 is 10.1 Å². The van der Waals surface area contributed by atoms with E-state index in [9.17, 15) is 13.6 Å². The summed E-state index contributed by atoms with van der Waals surface area (Å²) >= 11 is 0. The number of anilines is 1. The Morgan fingerprint density at radius 2 is 1.92 bits per heavy atom. The van der Waals surface area contributed by atoms with Crippen molar-refractivity contribution >= 4 is 28.0 Å². The van der Waals surface area contributed by atoms with Crippen LogP contribution >= 0.6 is 0 Å². The number of rotatable bonds is 7. The number of halogens is 2. The Morgan fingerprint density at radius 3 is 2.67 bits per heavy atom. The van der Waals surface area contributed by atoms with E-state index < -0.39 is 12.2 Å². The molecule has 9 nitrogen and oxygen atoms in total. The summed E-state index contributed by atoms with van der Waals surface area (Å²) in [6.45, 7) is -2.19. The zero-order chi connectivity index (χ0) is 24.8. The molecule has 3 heterocycles. The molecule has 182 valence electrons. The van der Waals surface area contributed by atoms with E-state index in [0.29, 0.717) is 34.3 Å². The predicted octanol–water partition coefficient (Wildman–Crippen LogP) is 4.15. The molecule has 6 rings (SSSR count). The van der Waals surface area contributed by atoms with Gasteiger partial charge in [0.25, 0.3) is 5.56 Å². The third-order valence-corrected chi connectivity index (χ3v) is 6.06. The third kappa shape index (κ3) is 4.23. The summed E-state index contributed by atoms with van der Waals surface area (Å²) in [6, 6.07) is 11.3. The minimum absolute atomic E-state index is 0.0103. The highest BCUT2D eigenvalue weighted by atomic mass is 19.3. The summed E-state index contributed by atoms with van der Waals surface area (Å²) < 4.78 is 32.8. The van der Waals surface area contributed by atoms with Crippen LogP contribution in [0.15, 0.2) is 59.7 Å². The fourth-order valence-corrected chi connectivity index (χ4v) is 4.12. The summed E-state index contributed by atoms with van der Waals surface area (Å²) in [5, 5.41) is 8.46. The lowest BCUT2D eigenvalue weighted by Gasteiger charge is -2.13. The van der Waals surface area contributed by atoms with E-state index >= 15 is 0 Å². The summed E-state index contributed by atoms with van der Waals surface area (Å²) in [4.78, 5) is 27.4. The minimum atomic E-state index is -2.94. The van der Waals surface area contributed by atoms with Crippen molar-refractivity contribution < 1.29 is 13.5 Å². The standard InChI is InChI=1S/C25H21F2N7O2/c1-33-13-16-10-15(4-9-19(16)32-33)21-23(35)34(17-5-7-18(8-6-17)36-24(26)27)22-20(30-21)12-29-25(31-22)28-11-14-2-3-14/h4-10,12-14,24H,2-3,11H2,1H3,(H,28,29,31). The summed E-state index contributed by atoms with van der Waals surface area (Å²) in [7, 11) is 1.83. The molecule has 5 aromatic rings. The molecule has 0 bridgehead atoms. The van der Waals surface area contributed by atoms with E-state index in [-0.39, 0.29) is 11.4 Å². The molecule has 0 unspecified atom stereocenters. The van der Waals surface area contributed by atoms with Gasteiger partial charge in [-0.2, -0.15) is 18.9 Å². The van der Waals surface area contributed by atoms with E-state index in [1.165, 1.54) is 41.7 Å². The highest BCUT2D eigenvalue weighted by molar-refractivity contribution is 5.84. The molecule has 1 aliphatic rings. The van der Waals surface area contributed by atoms with E-state index in [4.69, 9.17) is 0 Å². The molecule has 0 amide bonds. The van der Waals surface area contributed by atoms with Crippen LogP contribution in [0.5, 0.6) is 5.75 Å². The largest absolute Gasteiger partial charge is 0.435 e. The number of benzene rings is 2.